The summed E-state index contributed by atoms with van der Waals surface area (Å²) in [4.78, 5) is 25.1. The van der Waals surface area contributed by atoms with Crippen molar-refractivity contribution < 1.29 is 23.8 Å². The van der Waals surface area contributed by atoms with Crippen molar-refractivity contribution in [2.24, 2.45) is 0 Å². The molecule has 6 nitrogen and oxygen atoms in total. The lowest BCUT2D eigenvalue weighted by molar-refractivity contribution is -0.166. The fourth-order valence-electron chi connectivity index (χ4n) is 2.04. The van der Waals surface area contributed by atoms with Gasteiger partial charge >= 0.3 is 11.9 Å². The molecule has 1 saturated heterocycles. The van der Waals surface area contributed by atoms with Gasteiger partial charge in [0.05, 0.1) is 20.3 Å². The van der Waals surface area contributed by atoms with Crippen molar-refractivity contribution in [2.45, 2.75) is 32.4 Å². The van der Waals surface area contributed by atoms with Crippen molar-refractivity contribution in [3.05, 3.63) is 0 Å². The van der Waals surface area contributed by atoms with E-state index in [1.54, 1.807) is 6.92 Å². The van der Waals surface area contributed by atoms with Crippen LogP contribution in [-0.4, -0.2) is 62.4 Å². The molecule has 0 N–H and O–H groups in total. The summed E-state index contributed by atoms with van der Waals surface area (Å²) in [5.41, 5.74) is 0. The lowest BCUT2D eigenvalue weighted by atomic mass is 10.1. The molecule has 1 fully saturated rings. The van der Waals surface area contributed by atoms with E-state index in [9.17, 15) is 9.59 Å². The van der Waals surface area contributed by atoms with E-state index in [1.165, 1.54) is 7.11 Å². The molecule has 0 spiro atoms. The number of rotatable bonds is 5. The lowest BCUT2D eigenvalue weighted by Crippen LogP contribution is -2.53. The maximum atomic E-state index is 11.8. The maximum Gasteiger partial charge on any atom is 0.336 e. The first-order valence-electron chi connectivity index (χ1n) is 6.24. The van der Waals surface area contributed by atoms with Gasteiger partial charge in [0.15, 0.2) is 6.10 Å². The smallest absolute Gasteiger partial charge is 0.336 e. The molecule has 0 aromatic rings. The monoisotopic (exact) mass is 259 g/mol. The number of ether oxygens (including phenoxy) is 3. The second-order valence-electron chi connectivity index (χ2n) is 4.05. The minimum Gasteiger partial charge on any atom is -0.467 e. The average Bonchev–Trinajstić information content (AvgIpc) is 2.39. The van der Waals surface area contributed by atoms with Crippen LogP contribution in [0.15, 0.2) is 0 Å². The summed E-state index contributed by atoms with van der Waals surface area (Å²) < 4.78 is 15.0. The molecule has 0 aromatic carbocycles. The molecule has 2 unspecified atom stereocenters. The van der Waals surface area contributed by atoms with Gasteiger partial charge in [0.2, 0.25) is 0 Å². The number of hydrogen-bond acceptors (Lipinski definition) is 6. The summed E-state index contributed by atoms with van der Waals surface area (Å²) in [6, 6.07) is -0.319. The first kappa shape index (κ1) is 14.9. The average molecular weight is 259 g/mol. The van der Waals surface area contributed by atoms with Gasteiger partial charge in [0, 0.05) is 13.1 Å². The van der Waals surface area contributed by atoms with Crippen molar-refractivity contribution in [1.82, 2.24) is 4.90 Å². The van der Waals surface area contributed by atoms with Gasteiger partial charge < -0.3 is 14.2 Å². The number of methoxy groups -OCH3 is 1. The highest BCUT2D eigenvalue weighted by molar-refractivity contribution is 5.77. The first-order valence-corrected chi connectivity index (χ1v) is 6.24. The van der Waals surface area contributed by atoms with Crippen LogP contribution in [0, 0.1) is 0 Å². The number of esters is 2. The minimum atomic E-state index is -0.618. The van der Waals surface area contributed by atoms with Crippen LogP contribution in [0.5, 0.6) is 0 Å². The molecule has 1 rings (SSSR count). The normalized spacial score (nSPS) is 22.3. The predicted molar refractivity (Wildman–Crippen MR) is 64.0 cm³/mol. The van der Waals surface area contributed by atoms with E-state index in [1.807, 2.05) is 11.8 Å². The van der Waals surface area contributed by atoms with E-state index in [0.717, 1.165) is 0 Å². The highest BCUT2D eigenvalue weighted by Crippen LogP contribution is 2.13. The van der Waals surface area contributed by atoms with Crippen LogP contribution in [0.1, 0.15) is 20.3 Å². The Hall–Kier alpha value is -1.14. The molecule has 1 aliphatic rings. The minimum absolute atomic E-state index is 0.245. The molecule has 0 aromatic heterocycles. The van der Waals surface area contributed by atoms with E-state index in [-0.39, 0.29) is 12.0 Å². The largest absolute Gasteiger partial charge is 0.467 e. The van der Waals surface area contributed by atoms with Gasteiger partial charge in [0.1, 0.15) is 6.04 Å². The highest BCUT2D eigenvalue weighted by atomic mass is 16.6. The number of morpholine rings is 1. The number of carbonyl (C=O) groups is 2. The predicted octanol–water partition coefficient (Wildman–Crippen LogP) is 0.202. The molecule has 0 amide bonds. The summed E-state index contributed by atoms with van der Waals surface area (Å²) in [6.07, 6.45) is 0.0273. The van der Waals surface area contributed by atoms with Crippen LogP contribution in [0.3, 0.4) is 0 Å². The van der Waals surface area contributed by atoms with Gasteiger partial charge in [-0.1, -0.05) is 6.92 Å². The fourth-order valence-corrected chi connectivity index (χ4v) is 2.04. The zero-order chi connectivity index (χ0) is 13.5. The standard InChI is InChI=1S/C12H21NO5/c1-4-9(11(14)17-5-2)13-6-7-18-10(8-13)12(15)16-3/h9-10H,4-8H2,1-3H3. The third kappa shape index (κ3) is 3.68. The Morgan fingerprint density at radius 3 is 2.72 bits per heavy atom. The van der Waals surface area contributed by atoms with Gasteiger partial charge in [-0.3, -0.25) is 9.69 Å². The van der Waals surface area contributed by atoms with Crippen LogP contribution in [0.4, 0.5) is 0 Å². The Morgan fingerprint density at radius 2 is 2.17 bits per heavy atom. The molecule has 2 atom stereocenters. The topological polar surface area (TPSA) is 65.1 Å². The SMILES string of the molecule is CCOC(=O)C(CC)N1CCOC(C(=O)OC)C1. The van der Waals surface area contributed by atoms with E-state index < -0.39 is 12.1 Å². The third-order valence-electron chi connectivity index (χ3n) is 2.95. The molecule has 0 saturated carbocycles. The fraction of sp³-hybridized carbons (Fsp3) is 0.833. The summed E-state index contributed by atoms with van der Waals surface area (Å²) >= 11 is 0. The van der Waals surface area contributed by atoms with Gasteiger partial charge in [0.25, 0.3) is 0 Å². The maximum absolute atomic E-state index is 11.8. The molecule has 0 radical (unpaired) electrons. The van der Waals surface area contributed by atoms with Gasteiger partial charge in [-0.15, -0.1) is 0 Å². The number of nitrogens with zero attached hydrogens (tertiary/aromatic N) is 1. The molecular weight excluding hydrogens is 238 g/mol. The molecule has 104 valence electrons. The Balaban J connectivity index is 2.63. The quantitative estimate of drug-likeness (QED) is 0.657. The van der Waals surface area contributed by atoms with Crippen molar-refractivity contribution in [1.29, 1.82) is 0 Å². The summed E-state index contributed by atoms with van der Waals surface area (Å²) in [7, 11) is 1.33. The second-order valence-corrected chi connectivity index (χ2v) is 4.05. The van der Waals surface area contributed by atoms with Gasteiger partial charge in [-0.2, -0.15) is 0 Å². The number of carbonyl (C=O) groups excluding carboxylic acids is 2. The Kier molecular flexibility index (Phi) is 6.07. The first-order chi connectivity index (χ1) is 8.63. The summed E-state index contributed by atoms with van der Waals surface area (Å²) in [5.74, 6) is -0.649. The van der Waals surface area contributed by atoms with Crippen LogP contribution in [-0.2, 0) is 23.8 Å². The second kappa shape index (κ2) is 7.33. The molecule has 6 heteroatoms. The highest BCUT2D eigenvalue weighted by Gasteiger charge is 2.33. The summed E-state index contributed by atoms with van der Waals surface area (Å²) in [6.45, 7) is 5.45. The molecule has 1 heterocycles. The van der Waals surface area contributed by atoms with E-state index in [2.05, 4.69) is 4.74 Å². The molecule has 1 aliphatic heterocycles. The molecule has 0 aliphatic carbocycles. The van der Waals surface area contributed by atoms with Crippen LogP contribution >= 0.6 is 0 Å². The van der Waals surface area contributed by atoms with E-state index in [4.69, 9.17) is 9.47 Å². The van der Waals surface area contributed by atoms with Crippen molar-refractivity contribution in [2.75, 3.05) is 33.4 Å². The van der Waals surface area contributed by atoms with Crippen molar-refractivity contribution in [3.8, 4) is 0 Å². The van der Waals surface area contributed by atoms with E-state index in [0.29, 0.717) is 32.7 Å². The van der Waals surface area contributed by atoms with Crippen LogP contribution in [0.2, 0.25) is 0 Å². The van der Waals surface area contributed by atoms with Gasteiger partial charge in [-0.05, 0) is 13.3 Å². The number of hydrogen-bond donors (Lipinski definition) is 0. The molecule has 0 bridgehead atoms. The third-order valence-corrected chi connectivity index (χ3v) is 2.95. The van der Waals surface area contributed by atoms with Crippen molar-refractivity contribution in [3.63, 3.8) is 0 Å². The Labute approximate surface area is 107 Å². The Bertz CT molecular complexity index is 294. The van der Waals surface area contributed by atoms with Crippen LogP contribution < -0.4 is 0 Å². The van der Waals surface area contributed by atoms with Crippen LogP contribution in [0.25, 0.3) is 0 Å². The Morgan fingerprint density at radius 1 is 1.44 bits per heavy atom. The zero-order valence-corrected chi connectivity index (χ0v) is 11.2. The van der Waals surface area contributed by atoms with Gasteiger partial charge in [-0.25, -0.2) is 4.79 Å². The molecular formula is C12H21NO5. The zero-order valence-electron chi connectivity index (χ0n) is 11.2. The molecule has 18 heavy (non-hydrogen) atoms. The lowest BCUT2D eigenvalue weighted by Gasteiger charge is -2.35. The van der Waals surface area contributed by atoms with Crippen molar-refractivity contribution >= 4 is 11.9 Å². The summed E-state index contributed by atoms with van der Waals surface area (Å²) in [5, 5.41) is 0. The van der Waals surface area contributed by atoms with E-state index >= 15 is 0 Å².